The molecule has 0 saturated carbocycles. The van der Waals surface area contributed by atoms with E-state index in [1.54, 1.807) is 24.5 Å². The SMILES string of the molecule is COc1ccc(-c2nc(CNC(=O)c3ccc(N4CCCCC4)nn3)cs2)cc1. The minimum atomic E-state index is -0.248. The van der Waals surface area contributed by atoms with Gasteiger partial charge in [0.25, 0.3) is 5.91 Å². The van der Waals surface area contributed by atoms with Crippen molar-refractivity contribution in [1.29, 1.82) is 0 Å². The predicted molar refractivity (Wildman–Crippen MR) is 113 cm³/mol. The Morgan fingerprint density at radius 3 is 2.59 bits per heavy atom. The lowest BCUT2D eigenvalue weighted by molar-refractivity contribution is 0.0944. The van der Waals surface area contributed by atoms with Gasteiger partial charge in [0.1, 0.15) is 10.8 Å². The number of thiazole rings is 1. The van der Waals surface area contributed by atoms with E-state index in [0.717, 1.165) is 40.9 Å². The Balaban J connectivity index is 1.34. The highest BCUT2D eigenvalue weighted by Crippen LogP contribution is 2.25. The number of benzene rings is 1. The third kappa shape index (κ3) is 4.71. The molecule has 29 heavy (non-hydrogen) atoms. The molecule has 2 aromatic heterocycles. The van der Waals surface area contributed by atoms with Gasteiger partial charge in [0, 0.05) is 24.0 Å². The van der Waals surface area contributed by atoms with E-state index < -0.39 is 0 Å². The van der Waals surface area contributed by atoms with E-state index in [4.69, 9.17) is 4.74 Å². The van der Waals surface area contributed by atoms with Crippen molar-refractivity contribution < 1.29 is 9.53 Å². The van der Waals surface area contributed by atoms with Crippen LogP contribution in [0.2, 0.25) is 0 Å². The topological polar surface area (TPSA) is 80.2 Å². The van der Waals surface area contributed by atoms with E-state index >= 15 is 0 Å². The fraction of sp³-hybridized carbons (Fsp3) is 0.333. The Morgan fingerprint density at radius 2 is 1.90 bits per heavy atom. The standard InChI is InChI=1S/C21H23N5O2S/c1-28-17-7-5-15(6-8-17)21-23-16(14-29-21)13-22-20(27)18-9-10-19(25-24-18)26-11-3-2-4-12-26/h5-10,14H,2-4,11-13H2,1H3,(H,22,27). The minimum absolute atomic E-state index is 0.248. The van der Waals surface area contributed by atoms with Crippen LogP contribution in [-0.2, 0) is 6.54 Å². The van der Waals surface area contributed by atoms with Gasteiger partial charge in [-0.1, -0.05) is 0 Å². The van der Waals surface area contributed by atoms with E-state index in [0.29, 0.717) is 12.2 Å². The molecule has 0 atom stereocenters. The summed E-state index contributed by atoms with van der Waals surface area (Å²) in [6.45, 7) is 2.35. The van der Waals surface area contributed by atoms with E-state index in [1.807, 2.05) is 35.7 Å². The Kier molecular flexibility index (Phi) is 6.00. The molecule has 0 unspecified atom stereocenters. The van der Waals surface area contributed by atoms with Crippen molar-refractivity contribution in [2.45, 2.75) is 25.8 Å². The van der Waals surface area contributed by atoms with Crippen molar-refractivity contribution in [2.24, 2.45) is 0 Å². The zero-order valence-electron chi connectivity index (χ0n) is 16.3. The molecule has 7 nitrogen and oxygen atoms in total. The van der Waals surface area contributed by atoms with Gasteiger partial charge in [0.15, 0.2) is 11.5 Å². The highest BCUT2D eigenvalue weighted by atomic mass is 32.1. The fourth-order valence-corrected chi connectivity index (χ4v) is 4.08. The number of carbonyl (C=O) groups excluding carboxylic acids is 1. The lowest BCUT2D eigenvalue weighted by Gasteiger charge is -2.27. The second-order valence-corrected chi connectivity index (χ2v) is 7.74. The lowest BCUT2D eigenvalue weighted by atomic mass is 10.1. The van der Waals surface area contributed by atoms with Crippen molar-refractivity contribution in [3.05, 3.63) is 53.2 Å². The monoisotopic (exact) mass is 409 g/mol. The molecular formula is C21H23N5O2S. The second kappa shape index (κ2) is 9.00. The van der Waals surface area contributed by atoms with Crippen LogP contribution in [-0.4, -0.2) is 41.3 Å². The molecule has 1 saturated heterocycles. The number of methoxy groups -OCH3 is 1. The summed E-state index contributed by atoms with van der Waals surface area (Å²) in [5.41, 5.74) is 2.15. The van der Waals surface area contributed by atoms with Gasteiger partial charge in [-0.15, -0.1) is 21.5 Å². The molecule has 1 aromatic carbocycles. The third-order valence-electron chi connectivity index (χ3n) is 4.88. The smallest absolute Gasteiger partial charge is 0.272 e. The summed E-state index contributed by atoms with van der Waals surface area (Å²) in [7, 11) is 1.64. The van der Waals surface area contributed by atoms with Crippen LogP contribution in [0, 0.1) is 0 Å². The van der Waals surface area contributed by atoms with Crippen molar-refractivity contribution >= 4 is 23.1 Å². The summed E-state index contributed by atoms with van der Waals surface area (Å²) >= 11 is 1.54. The molecule has 1 aliphatic heterocycles. The van der Waals surface area contributed by atoms with Crippen LogP contribution in [0.3, 0.4) is 0 Å². The summed E-state index contributed by atoms with van der Waals surface area (Å²) in [5.74, 6) is 1.40. The van der Waals surface area contributed by atoms with Crippen LogP contribution in [0.1, 0.15) is 35.4 Å². The second-order valence-electron chi connectivity index (χ2n) is 6.88. The van der Waals surface area contributed by atoms with Crippen LogP contribution in [0.25, 0.3) is 10.6 Å². The molecule has 0 radical (unpaired) electrons. The van der Waals surface area contributed by atoms with Crippen LogP contribution in [0.15, 0.2) is 41.8 Å². The Bertz CT molecular complexity index is 950. The molecule has 1 amide bonds. The molecule has 150 valence electrons. The molecule has 3 heterocycles. The van der Waals surface area contributed by atoms with Crippen LogP contribution < -0.4 is 15.0 Å². The van der Waals surface area contributed by atoms with Gasteiger partial charge in [-0.05, 0) is 55.7 Å². The fourth-order valence-electron chi connectivity index (χ4n) is 3.25. The average Bonchev–Trinajstić information content (AvgIpc) is 3.27. The summed E-state index contributed by atoms with van der Waals surface area (Å²) < 4.78 is 5.18. The van der Waals surface area contributed by atoms with Crippen molar-refractivity contribution in [2.75, 3.05) is 25.1 Å². The number of ether oxygens (including phenoxy) is 1. The number of amides is 1. The minimum Gasteiger partial charge on any atom is -0.497 e. The van der Waals surface area contributed by atoms with Gasteiger partial charge in [0.2, 0.25) is 0 Å². The van der Waals surface area contributed by atoms with Crippen LogP contribution in [0.4, 0.5) is 5.82 Å². The summed E-state index contributed by atoms with van der Waals surface area (Å²) in [6, 6.07) is 11.4. The maximum atomic E-state index is 12.4. The van der Waals surface area contributed by atoms with E-state index in [1.165, 1.54) is 19.3 Å². The number of nitrogens with zero attached hydrogens (tertiary/aromatic N) is 4. The van der Waals surface area contributed by atoms with E-state index in [-0.39, 0.29) is 5.91 Å². The molecule has 0 spiro atoms. The molecule has 8 heteroatoms. The summed E-state index contributed by atoms with van der Waals surface area (Å²) in [5, 5.41) is 14.1. The van der Waals surface area contributed by atoms with Gasteiger partial charge < -0.3 is 15.0 Å². The highest BCUT2D eigenvalue weighted by molar-refractivity contribution is 7.13. The summed E-state index contributed by atoms with van der Waals surface area (Å²) in [6.07, 6.45) is 3.62. The number of carbonyl (C=O) groups is 1. The van der Waals surface area contributed by atoms with Gasteiger partial charge in [-0.25, -0.2) is 4.98 Å². The highest BCUT2D eigenvalue weighted by Gasteiger charge is 2.14. The normalized spacial score (nSPS) is 13.9. The van der Waals surface area contributed by atoms with Gasteiger partial charge in [-0.2, -0.15) is 0 Å². The first-order valence-corrected chi connectivity index (χ1v) is 10.6. The molecule has 3 aromatic rings. The van der Waals surface area contributed by atoms with E-state index in [2.05, 4.69) is 25.4 Å². The molecule has 4 rings (SSSR count). The maximum absolute atomic E-state index is 12.4. The average molecular weight is 410 g/mol. The van der Waals surface area contributed by atoms with Gasteiger partial charge in [-0.3, -0.25) is 4.79 Å². The number of nitrogens with one attached hydrogen (secondary N) is 1. The first kappa shape index (κ1) is 19.3. The Labute approximate surface area is 173 Å². The lowest BCUT2D eigenvalue weighted by Crippen LogP contribution is -2.31. The number of aromatic nitrogens is 3. The first-order valence-electron chi connectivity index (χ1n) is 9.68. The predicted octanol–water partition coefficient (Wildman–Crippen LogP) is 3.53. The van der Waals surface area contributed by atoms with Crippen molar-refractivity contribution in [1.82, 2.24) is 20.5 Å². The van der Waals surface area contributed by atoms with E-state index in [9.17, 15) is 4.79 Å². The Hall–Kier alpha value is -3.00. The number of piperidine rings is 1. The van der Waals surface area contributed by atoms with Crippen molar-refractivity contribution in [3.63, 3.8) is 0 Å². The zero-order chi connectivity index (χ0) is 20.1. The number of anilines is 1. The molecule has 1 N–H and O–H groups in total. The summed E-state index contributed by atoms with van der Waals surface area (Å²) in [4.78, 5) is 19.2. The quantitative estimate of drug-likeness (QED) is 0.671. The molecule has 0 bridgehead atoms. The molecular weight excluding hydrogens is 386 g/mol. The molecule has 1 fully saturated rings. The van der Waals surface area contributed by atoms with Gasteiger partial charge >= 0.3 is 0 Å². The maximum Gasteiger partial charge on any atom is 0.272 e. The number of hydrogen-bond donors (Lipinski definition) is 1. The van der Waals surface area contributed by atoms with Gasteiger partial charge in [0.05, 0.1) is 19.3 Å². The molecule has 0 aliphatic carbocycles. The number of rotatable bonds is 6. The number of hydrogen-bond acceptors (Lipinski definition) is 7. The molecule has 1 aliphatic rings. The first-order chi connectivity index (χ1) is 14.2. The van der Waals surface area contributed by atoms with Crippen molar-refractivity contribution in [3.8, 4) is 16.3 Å². The third-order valence-corrected chi connectivity index (χ3v) is 5.82. The zero-order valence-corrected chi connectivity index (χ0v) is 17.1. The Morgan fingerprint density at radius 1 is 1.10 bits per heavy atom. The van der Waals surface area contributed by atoms with Crippen LogP contribution >= 0.6 is 11.3 Å². The van der Waals surface area contributed by atoms with Crippen LogP contribution in [0.5, 0.6) is 5.75 Å². The largest absolute Gasteiger partial charge is 0.497 e.